The second-order valence-corrected chi connectivity index (χ2v) is 7.32. The lowest BCUT2D eigenvalue weighted by atomic mass is 10.1. The molecule has 1 saturated carbocycles. The standard InChI is InChI=1S/C18H27N3O4/c1-13-10-14(19-25-13)11-21-8-9-23-18-15(21)4-5-16(18)24-12-17(22)20-6-2-3-7-20/h10,15-16,18H,2-9,11-12H2,1H3/t15-,16+,18+/m1/s1. The minimum Gasteiger partial charge on any atom is -0.373 e. The zero-order valence-electron chi connectivity index (χ0n) is 14.9. The predicted octanol–water partition coefficient (Wildman–Crippen LogP) is 1.35. The van der Waals surface area contributed by atoms with Gasteiger partial charge in [0.2, 0.25) is 5.91 Å². The van der Waals surface area contributed by atoms with E-state index in [4.69, 9.17) is 14.0 Å². The van der Waals surface area contributed by atoms with Gasteiger partial charge in [-0.05, 0) is 32.6 Å². The van der Waals surface area contributed by atoms with E-state index in [1.165, 1.54) is 0 Å². The van der Waals surface area contributed by atoms with Crippen molar-refractivity contribution in [3.63, 3.8) is 0 Å². The lowest BCUT2D eigenvalue weighted by Crippen LogP contribution is -2.51. The molecular formula is C18H27N3O4. The predicted molar refractivity (Wildman–Crippen MR) is 90.0 cm³/mol. The van der Waals surface area contributed by atoms with E-state index < -0.39 is 0 Å². The van der Waals surface area contributed by atoms with Gasteiger partial charge in [-0.15, -0.1) is 0 Å². The van der Waals surface area contributed by atoms with Gasteiger partial charge in [0.25, 0.3) is 0 Å². The number of aryl methyl sites for hydroxylation is 1. The molecule has 4 rings (SSSR count). The molecule has 138 valence electrons. The van der Waals surface area contributed by atoms with E-state index >= 15 is 0 Å². The zero-order chi connectivity index (χ0) is 17.2. The quantitative estimate of drug-likeness (QED) is 0.799. The van der Waals surface area contributed by atoms with Crippen molar-refractivity contribution >= 4 is 5.91 Å². The lowest BCUT2D eigenvalue weighted by molar-refractivity contribution is -0.145. The highest BCUT2D eigenvalue weighted by atomic mass is 16.5. The first-order valence-electron chi connectivity index (χ1n) is 9.38. The molecule has 7 nitrogen and oxygen atoms in total. The number of amides is 1. The molecule has 1 aromatic rings. The Balaban J connectivity index is 1.32. The van der Waals surface area contributed by atoms with Crippen LogP contribution < -0.4 is 0 Å². The first-order chi connectivity index (χ1) is 12.2. The average Bonchev–Trinajstić information content (AvgIpc) is 3.34. The van der Waals surface area contributed by atoms with Crippen LogP contribution in [0.3, 0.4) is 0 Å². The van der Waals surface area contributed by atoms with Gasteiger partial charge in [0.05, 0.1) is 24.5 Å². The van der Waals surface area contributed by atoms with Gasteiger partial charge in [0.15, 0.2) is 0 Å². The molecule has 0 unspecified atom stereocenters. The summed E-state index contributed by atoms with van der Waals surface area (Å²) in [6.45, 7) is 6.21. The Morgan fingerprint density at radius 3 is 2.92 bits per heavy atom. The van der Waals surface area contributed by atoms with Gasteiger partial charge in [0.1, 0.15) is 12.4 Å². The van der Waals surface area contributed by atoms with E-state index in [0.29, 0.717) is 12.6 Å². The van der Waals surface area contributed by atoms with Crippen LogP contribution in [-0.4, -0.2) is 72.0 Å². The van der Waals surface area contributed by atoms with Gasteiger partial charge in [-0.25, -0.2) is 0 Å². The summed E-state index contributed by atoms with van der Waals surface area (Å²) in [5.74, 6) is 0.958. The van der Waals surface area contributed by atoms with E-state index in [1.807, 2.05) is 17.9 Å². The third-order valence-corrected chi connectivity index (χ3v) is 5.57. The molecule has 0 radical (unpaired) electrons. The van der Waals surface area contributed by atoms with E-state index in [2.05, 4.69) is 10.1 Å². The van der Waals surface area contributed by atoms with Crippen LogP contribution in [-0.2, 0) is 20.8 Å². The second kappa shape index (κ2) is 7.43. The Bertz CT molecular complexity index is 599. The fraction of sp³-hybridized carbons (Fsp3) is 0.778. The third-order valence-electron chi connectivity index (χ3n) is 5.57. The smallest absolute Gasteiger partial charge is 0.248 e. The first-order valence-corrected chi connectivity index (χ1v) is 9.38. The van der Waals surface area contributed by atoms with Crippen LogP contribution in [0.1, 0.15) is 37.1 Å². The maximum absolute atomic E-state index is 12.2. The molecule has 2 aliphatic heterocycles. The monoisotopic (exact) mass is 349 g/mol. The summed E-state index contributed by atoms with van der Waals surface area (Å²) in [5, 5.41) is 4.11. The van der Waals surface area contributed by atoms with Crippen molar-refractivity contribution in [2.45, 2.75) is 57.4 Å². The normalized spacial score (nSPS) is 30.0. The zero-order valence-corrected chi connectivity index (χ0v) is 14.9. The SMILES string of the molecule is Cc1cc(CN2CCO[C@@H]3[C@@H](OCC(=O)N4CCCC4)CC[C@H]32)no1. The first kappa shape index (κ1) is 17.0. The number of fused-ring (bicyclic) bond motifs is 1. The number of nitrogens with zero attached hydrogens (tertiary/aromatic N) is 3. The highest BCUT2D eigenvalue weighted by Gasteiger charge is 2.43. The van der Waals surface area contributed by atoms with Crippen LogP contribution in [0, 0.1) is 6.92 Å². The van der Waals surface area contributed by atoms with Crippen LogP contribution in [0.15, 0.2) is 10.6 Å². The van der Waals surface area contributed by atoms with Crippen LogP contribution >= 0.6 is 0 Å². The molecule has 3 aliphatic rings. The summed E-state index contributed by atoms with van der Waals surface area (Å²) in [5.41, 5.74) is 0.965. The molecule has 7 heteroatoms. The van der Waals surface area contributed by atoms with Crippen molar-refractivity contribution in [1.82, 2.24) is 15.0 Å². The number of morpholine rings is 1. The largest absolute Gasteiger partial charge is 0.373 e. The molecule has 0 bridgehead atoms. The maximum atomic E-state index is 12.2. The van der Waals surface area contributed by atoms with Gasteiger partial charge >= 0.3 is 0 Å². The van der Waals surface area contributed by atoms with Crippen LogP contribution in [0.25, 0.3) is 0 Å². The van der Waals surface area contributed by atoms with E-state index in [1.54, 1.807) is 0 Å². The Morgan fingerprint density at radius 1 is 1.32 bits per heavy atom. The van der Waals surface area contributed by atoms with Crippen molar-refractivity contribution in [2.75, 3.05) is 32.8 Å². The van der Waals surface area contributed by atoms with Gasteiger partial charge in [-0.2, -0.15) is 0 Å². The molecule has 3 atom stereocenters. The van der Waals surface area contributed by atoms with Crippen molar-refractivity contribution < 1.29 is 18.8 Å². The molecule has 0 N–H and O–H groups in total. The minimum absolute atomic E-state index is 0.0124. The molecule has 3 heterocycles. The third kappa shape index (κ3) is 3.73. The maximum Gasteiger partial charge on any atom is 0.248 e. The Hall–Kier alpha value is -1.44. The van der Waals surface area contributed by atoms with Gasteiger partial charge in [0, 0.05) is 38.3 Å². The summed E-state index contributed by atoms with van der Waals surface area (Å²) >= 11 is 0. The Morgan fingerprint density at radius 2 is 2.16 bits per heavy atom. The van der Waals surface area contributed by atoms with Crippen molar-refractivity contribution in [1.29, 1.82) is 0 Å². The number of ether oxygens (including phenoxy) is 2. The molecule has 0 spiro atoms. The van der Waals surface area contributed by atoms with Crippen LogP contribution in [0.2, 0.25) is 0 Å². The molecule has 3 fully saturated rings. The number of rotatable bonds is 5. The number of likely N-dealkylation sites (tertiary alicyclic amines) is 1. The van der Waals surface area contributed by atoms with Gasteiger partial charge in [-0.3, -0.25) is 9.69 Å². The molecule has 1 aromatic heterocycles. The second-order valence-electron chi connectivity index (χ2n) is 7.32. The summed E-state index contributed by atoms with van der Waals surface area (Å²) in [6, 6.07) is 2.32. The number of carbonyl (C=O) groups excluding carboxylic acids is 1. The topological polar surface area (TPSA) is 68.0 Å². The number of hydrogen-bond donors (Lipinski definition) is 0. The molecule has 2 saturated heterocycles. The fourth-order valence-corrected chi connectivity index (χ4v) is 4.30. The minimum atomic E-state index is 0.0124. The number of hydrogen-bond acceptors (Lipinski definition) is 6. The molecule has 0 aromatic carbocycles. The number of carbonyl (C=O) groups is 1. The van der Waals surface area contributed by atoms with Crippen LogP contribution in [0.4, 0.5) is 0 Å². The number of aromatic nitrogens is 1. The average molecular weight is 349 g/mol. The molecule has 1 amide bonds. The van der Waals surface area contributed by atoms with Crippen molar-refractivity contribution in [2.24, 2.45) is 0 Å². The molecule has 25 heavy (non-hydrogen) atoms. The van der Waals surface area contributed by atoms with Crippen LogP contribution in [0.5, 0.6) is 0 Å². The van der Waals surface area contributed by atoms with Crippen molar-refractivity contribution in [3.05, 3.63) is 17.5 Å². The van der Waals surface area contributed by atoms with E-state index in [9.17, 15) is 4.79 Å². The van der Waals surface area contributed by atoms with E-state index in [0.717, 1.165) is 63.3 Å². The van der Waals surface area contributed by atoms with Gasteiger partial charge in [-0.1, -0.05) is 5.16 Å². The summed E-state index contributed by atoms with van der Waals surface area (Å²) in [4.78, 5) is 16.5. The lowest BCUT2D eigenvalue weighted by Gasteiger charge is -2.38. The van der Waals surface area contributed by atoms with E-state index in [-0.39, 0.29) is 24.7 Å². The fourth-order valence-electron chi connectivity index (χ4n) is 4.30. The summed E-state index contributed by atoms with van der Waals surface area (Å²) in [7, 11) is 0. The highest BCUT2D eigenvalue weighted by Crippen LogP contribution is 2.33. The Labute approximate surface area is 148 Å². The van der Waals surface area contributed by atoms with Gasteiger partial charge < -0.3 is 18.9 Å². The summed E-state index contributed by atoms with van der Waals surface area (Å²) in [6.07, 6.45) is 4.26. The summed E-state index contributed by atoms with van der Waals surface area (Å²) < 4.78 is 17.2. The molecular weight excluding hydrogens is 322 g/mol. The van der Waals surface area contributed by atoms with Crippen molar-refractivity contribution in [3.8, 4) is 0 Å². The Kier molecular flexibility index (Phi) is 5.05. The highest BCUT2D eigenvalue weighted by molar-refractivity contribution is 5.77. The molecule has 1 aliphatic carbocycles.